The SMILES string of the molecule is C.C.CC(C)=O.CCN1CCN(C)C1.CCN1CCN(C)C1.Cl.[Cl-].[K+]. The molecule has 2 rings (SSSR count). The van der Waals surface area contributed by atoms with E-state index >= 15 is 0 Å². The van der Waals surface area contributed by atoms with Crippen LogP contribution in [0.3, 0.4) is 0 Å². The van der Waals surface area contributed by atoms with Gasteiger partial charge in [0, 0.05) is 26.2 Å². The standard InChI is InChI=1S/2C6H14N2.C3H6O.2CH4.2ClH.K/c2*1-3-8-5-4-7(2)6-8;1-3(2)4;;;;;/h2*3-6H2,1-2H3;1-2H3;2*1H4;2*1H;/q;;;;;;;+1/p-1. The molecule has 0 radical (unpaired) electrons. The Morgan fingerprint density at radius 3 is 1.12 bits per heavy atom. The minimum Gasteiger partial charge on any atom is -1.00 e. The summed E-state index contributed by atoms with van der Waals surface area (Å²) in [6.45, 7) is 17.2. The Morgan fingerprint density at radius 1 is 0.800 bits per heavy atom. The van der Waals surface area contributed by atoms with Crippen LogP contribution in [-0.2, 0) is 4.79 Å². The molecule has 0 saturated carbocycles. The van der Waals surface area contributed by atoms with Crippen molar-refractivity contribution in [3.63, 3.8) is 0 Å². The molecule has 0 unspecified atom stereocenters. The monoisotopic (exact) mass is 428 g/mol. The quantitative estimate of drug-likeness (QED) is 0.430. The first-order valence-corrected chi connectivity index (χ1v) is 7.68. The number of likely N-dealkylation sites (N-methyl/N-ethyl adjacent to an activating group) is 4. The zero-order chi connectivity index (χ0) is 15.5. The van der Waals surface area contributed by atoms with Gasteiger partial charge in [0.25, 0.3) is 0 Å². The third-order valence-corrected chi connectivity index (χ3v) is 3.37. The smallest absolute Gasteiger partial charge is 1.00 e. The van der Waals surface area contributed by atoms with E-state index in [0.717, 1.165) is 13.3 Å². The van der Waals surface area contributed by atoms with Gasteiger partial charge in [0.15, 0.2) is 0 Å². The van der Waals surface area contributed by atoms with E-state index in [4.69, 9.17) is 0 Å². The number of hydrogen-bond donors (Lipinski definition) is 0. The van der Waals surface area contributed by atoms with Crippen LogP contribution < -0.4 is 63.8 Å². The average Bonchev–Trinajstić information content (AvgIpc) is 2.97. The van der Waals surface area contributed by atoms with Crippen molar-refractivity contribution in [1.29, 1.82) is 0 Å². The van der Waals surface area contributed by atoms with E-state index in [1.807, 2.05) is 0 Å². The van der Waals surface area contributed by atoms with E-state index in [9.17, 15) is 4.79 Å². The third kappa shape index (κ3) is 25.7. The van der Waals surface area contributed by atoms with E-state index < -0.39 is 0 Å². The molecule has 152 valence electrons. The van der Waals surface area contributed by atoms with Crippen molar-refractivity contribution in [2.75, 3.05) is 66.7 Å². The second-order valence-electron chi connectivity index (χ2n) is 5.77. The molecule has 8 heteroatoms. The molecule has 25 heavy (non-hydrogen) atoms. The molecule has 0 N–H and O–H groups in total. The van der Waals surface area contributed by atoms with Crippen LogP contribution in [0.5, 0.6) is 0 Å². The summed E-state index contributed by atoms with van der Waals surface area (Å²) < 4.78 is 0. The molecule has 0 amide bonds. The Hall–Kier alpha value is 1.73. The molecule has 5 nitrogen and oxygen atoms in total. The number of Topliss-reactive ketones (excluding diaryl/α,β-unsaturated/α-hetero) is 1. The van der Waals surface area contributed by atoms with Gasteiger partial charge in [-0.3, -0.25) is 19.6 Å². The van der Waals surface area contributed by atoms with Gasteiger partial charge in [-0.1, -0.05) is 28.7 Å². The van der Waals surface area contributed by atoms with Crippen LogP contribution in [0.25, 0.3) is 0 Å². The maximum Gasteiger partial charge on any atom is 1.00 e. The van der Waals surface area contributed by atoms with E-state index in [1.54, 1.807) is 0 Å². The van der Waals surface area contributed by atoms with E-state index in [-0.39, 0.29) is 96.8 Å². The van der Waals surface area contributed by atoms with Crippen molar-refractivity contribution < 1.29 is 68.6 Å². The molecule has 0 bridgehead atoms. The average molecular weight is 430 g/mol. The van der Waals surface area contributed by atoms with Crippen molar-refractivity contribution in [1.82, 2.24) is 19.6 Å². The van der Waals surface area contributed by atoms with E-state index in [2.05, 4.69) is 47.5 Å². The number of halogens is 2. The molecular formula is C17H43Cl2KN4O. The Balaban J connectivity index is -0.0000000515. The normalized spacial score (nSPS) is 16.9. The van der Waals surface area contributed by atoms with Crippen molar-refractivity contribution in [2.24, 2.45) is 0 Å². The summed E-state index contributed by atoms with van der Waals surface area (Å²) in [6.07, 6.45) is 0. The van der Waals surface area contributed by atoms with Crippen molar-refractivity contribution in [3.8, 4) is 0 Å². The fourth-order valence-corrected chi connectivity index (χ4v) is 2.11. The Bertz CT molecular complexity index is 253. The zero-order valence-corrected chi connectivity index (χ0v) is 20.8. The summed E-state index contributed by atoms with van der Waals surface area (Å²) in [5.41, 5.74) is 0. The summed E-state index contributed by atoms with van der Waals surface area (Å²) in [4.78, 5) is 19.0. The second-order valence-corrected chi connectivity index (χ2v) is 5.77. The molecule has 2 saturated heterocycles. The van der Waals surface area contributed by atoms with Crippen LogP contribution in [0.1, 0.15) is 42.5 Å². The van der Waals surface area contributed by atoms with Gasteiger partial charge < -0.3 is 17.2 Å². The maximum absolute atomic E-state index is 9.44. The minimum atomic E-state index is 0. The second kappa shape index (κ2) is 25.7. The first-order chi connectivity index (χ1) is 9.38. The number of rotatable bonds is 2. The molecule has 2 heterocycles. The van der Waals surface area contributed by atoms with Crippen molar-refractivity contribution in [3.05, 3.63) is 0 Å². The van der Waals surface area contributed by atoms with Gasteiger partial charge in [-0.05, 0) is 41.0 Å². The van der Waals surface area contributed by atoms with Crippen LogP contribution >= 0.6 is 12.4 Å². The maximum atomic E-state index is 9.44. The van der Waals surface area contributed by atoms with E-state index in [1.165, 1.54) is 53.1 Å². The van der Waals surface area contributed by atoms with Crippen molar-refractivity contribution in [2.45, 2.75) is 42.5 Å². The van der Waals surface area contributed by atoms with Crippen molar-refractivity contribution >= 4 is 18.2 Å². The molecule has 2 aliphatic rings. The Morgan fingerprint density at radius 2 is 1.04 bits per heavy atom. The van der Waals surface area contributed by atoms with Crippen LogP contribution in [0.2, 0.25) is 0 Å². The Kier molecular flexibility index (Phi) is 42.4. The van der Waals surface area contributed by atoms with Gasteiger partial charge in [0.2, 0.25) is 0 Å². The summed E-state index contributed by atoms with van der Waals surface area (Å²) in [7, 11) is 4.32. The van der Waals surface area contributed by atoms with Gasteiger partial charge in [-0.2, -0.15) is 0 Å². The number of hydrogen-bond acceptors (Lipinski definition) is 5. The molecule has 0 spiro atoms. The van der Waals surface area contributed by atoms with Crippen LogP contribution in [0.15, 0.2) is 0 Å². The Labute approximate surface area is 213 Å². The zero-order valence-electron chi connectivity index (χ0n) is 16.1. The topological polar surface area (TPSA) is 30.0 Å². The third-order valence-electron chi connectivity index (χ3n) is 3.37. The number of ketones is 1. The summed E-state index contributed by atoms with van der Waals surface area (Å²) in [5.74, 6) is 0.167. The molecule has 2 fully saturated rings. The number of nitrogens with zero attached hydrogens (tertiary/aromatic N) is 4. The summed E-state index contributed by atoms with van der Waals surface area (Å²) >= 11 is 0. The fraction of sp³-hybridized carbons (Fsp3) is 0.941. The largest absolute Gasteiger partial charge is 1.00 e. The van der Waals surface area contributed by atoms with Gasteiger partial charge in [-0.15, -0.1) is 12.4 Å². The molecule has 0 aromatic carbocycles. The summed E-state index contributed by atoms with van der Waals surface area (Å²) in [5, 5.41) is 0. The van der Waals surface area contributed by atoms with Gasteiger partial charge in [-0.25, -0.2) is 0 Å². The first kappa shape index (κ1) is 41.2. The van der Waals surface area contributed by atoms with Gasteiger partial charge >= 0.3 is 51.4 Å². The fourth-order valence-electron chi connectivity index (χ4n) is 2.11. The van der Waals surface area contributed by atoms with Gasteiger partial charge in [0.05, 0.1) is 13.3 Å². The first-order valence-electron chi connectivity index (χ1n) is 7.68. The molecule has 0 aromatic rings. The summed E-state index contributed by atoms with van der Waals surface area (Å²) in [6, 6.07) is 0. The predicted octanol–water partition coefficient (Wildman–Crippen LogP) is -3.28. The van der Waals surface area contributed by atoms with Crippen LogP contribution in [0.4, 0.5) is 0 Å². The molecular weight excluding hydrogens is 386 g/mol. The molecule has 0 aromatic heterocycles. The number of carbonyl (C=O) groups excluding carboxylic acids is 1. The minimum absolute atomic E-state index is 0. The predicted molar refractivity (Wildman–Crippen MR) is 107 cm³/mol. The van der Waals surface area contributed by atoms with Crippen LogP contribution in [-0.4, -0.2) is 92.1 Å². The van der Waals surface area contributed by atoms with E-state index in [0.29, 0.717) is 0 Å². The molecule has 2 aliphatic heterocycles. The molecule has 0 atom stereocenters. The number of carbonyl (C=O) groups is 1. The molecule has 0 aliphatic carbocycles. The van der Waals surface area contributed by atoms with Gasteiger partial charge in [0.1, 0.15) is 5.78 Å². The van der Waals surface area contributed by atoms with Crippen LogP contribution in [0, 0.1) is 0 Å².